The Kier molecular flexibility index (Phi) is 6.89. The fourth-order valence-electron chi connectivity index (χ4n) is 5.21. The first-order chi connectivity index (χ1) is 17.6. The van der Waals surface area contributed by atoms with Crippen LogP contribution in [0.15, 0.2) is 65.7 Å². The Balaban J connectivity index is 1.45. The summed E-state index contributed by atoms with van der Waals surface area (Å²) in [4.78, 5) is 15.0. The zero-order valence-electron chi connectivity index (χ0n) is 20.4. The molecule has 0 spiro atoms. The molecule has 0 saturated carbocycles. The molecule has 2 aliphatic rings. The second kappa shape index (κ2) is 9.85. The van der Waals surface area contributed by atoms with Crippen LogP contribution in [-0.2, 0) is 40.3 Å². The number of carbonyl (C=O) groups is 1. The molecule has 6 nitrogen and oxygen atoms in total. The summed E-state index contributed by atoms with van der Waals surface area (Å²) >= 11 is 6.28. The maximum atomic E-state index is 14.2. The van der Waals surface area contributed by atoms with Crippen molar-refractivity contribution in [2.45, 2.75) is 56.1 Å². The first kappa shape index (κ1) is 25.9. The van der Waals surface area contributed by atoms with E-state index >= 15 is 0 Å². The van der Waals surface area contributed by atoms with Gasteiger partial charge in [0.05, 0.1) is 11.1 Å². The number of hydrogen-bond donors (Lipinski definition) is 0. The summed E-state index contributed by atoms with van der Waals surface area (Å²) in [6.07, 6.45) is 2.15. The van der Waals surface area contributed by atoms with E-state index in [0.29, 0.717) is 25.3 Å². The molecule has 1 aromatic heterocycles. The average Bonchev–Trinajstić information content (AvgIpc) is 3.37. The van der Waals surface area contributed by atoms with Crippen molar-refractivity contribution in [3.05, 3.63) is 88.2 Å². The molecule has 3 aromatic rings. The quantitative estimate of drug-likeness (QED) is 0.417. The lowest BCUT2D eigenvalue weighted by Crippen LogP contribution is -2.45. The van der Waals surface area contributed by atoms with Crippen LogP contribution in [0.4, 0.5) is 8.78 Å². The Morgan fingerprint density at radius 3 is 2.54 bits per heavy atom. The maximum absolute atomic E-state index is 14.2. The molecule has 1 unspecified atom stereocenters. The molecule has 1 atom stereocenters. The summed E-state index contributed by atoms with van der Waals surface area (Å²) in [6.45, 7) is 2.94. The molecule has 1 amide bonds. The van der Waals surface area contributed by atoms with Crippen LogP contribution in [0.3, 0.4) is 0 Å². The molecule has 196 valence electrons. The van der Waals surface area contributed by atoms with Gasteiger partial charge in [0.1, 0.15) is 4.90 Å². The van der Waals surface area contributed by atoms with E-state index < -0.39 is 28.4 Å². The van der Waals surface area contributed by atoms with E-state index in [1.165, 1.54) is 16.8 Å². The van der Waals surface area contributed by atoms with Gasteiger partial charge in [0.25, 0.3) is 5.92 Å². The normalized spacial score (nSPS) is 18.4. The lowest BCUT2D eigenvalue weighted by Gasteiger charge is -2.37. The molecular weight excluding hydrogens is 520 g/mol. The van der Waals surface area contributed by atoms with Crippen LogP contribution in [0.1, 0.15) is 48.2 Å². The number of nitrogens with zero attached hydrogens (tertiary/aromatic N) is 3. The first-order valence-corrected chi connectivity index (χ1v) is 14.1. The molecule has 0 N–H and O–H groups in total. The number of benzene rings is 2. The monoisotopic (exact) mass is 547 g/mol. The van der Waals surface area contributed by atoms with Gasteiger partial charge in [-0.15, -0.1) is 0 Å². The lowest BCUT2D eigenvalue weighted by atomic mass is 9.99. The Hall–Kier alpha value is -2.75. The number of sulfonamides is 1. The van der Waals surface area contributed by atoms with Gasteiger partial charge < -0.3 is 9.47 Å². The number of amides is 1. The van der Waals surface area contributed by atoms with Crippen LogP contribution >= 0.6 is 11.6 Å². The second-order valence-electron chi connectivity index (χ2n) is 9.50. The molecule has 0 bridgehead atoms. The summed E-state index contributed by atoms with van der Waals surface area (Å²) in [7, 11) is -4.18. The van der Waals surface area contributed by atoms with Crippen LogP contribution in [0, 0.1) is 0 Å². The van der Waals surface area contributed by atoms with Crippen LogP contribution in [0.25, 0.3) is 0 Å². The fourth-order valence-corrected chi connectivity index (χ4v) is 7.32. The van der Waals surface area contributed by atoms with E-state index in [4.69, 9.17) is 11.6 Å². The van der Waals surface area contributed by atoms with Gasteiger partial charge in [-0.3, -0.25) is 4.79 Å². The van der Waals surface area contributed by atoms with Crippen molar-refractivity contribution >= 4 is 27.5 Å². The van der Waals surface area contributed by atoms with Gasteiger partial charge in [-0.05, 0) is 41.8 Å². The van der Waals surface area contributed by atoms with Crippen LogP contribution in [-0.4, -0.2) is 41.2 Å². The molecular formula is C27H28ClF2N3O3S. The minimum absolute atomic E-state index is 0.0327. The van der Waals surface area contributed by atoms with Crippen molar-refractivity contribution in [2.75, 3.05) is 13.1 Å². The van der Waals surface area contributed by atoms with E-state index in [-0.39, 0.29) is 34.4 Å². The number of carbonyl (C=O) groups excluding carboxylic acids is 1. The van der Waals surface area contributed by atoms with Crippen molar-refractivity contribution < 1.29 is 22.0 Å². The molecule has 3 heterocycles. The predicted molar refractivity (Wildman–Crippen MR) is 137 cm³/mol. The van der Waals surface area contributed by atoms with Crippen molar-refractivity contribution in [1.29, 1.82) is 0 Å². The highest BCUT2D eigenvalue weighted by molar-refractivity contribution is 7.89. The van der Waals surface area contributed by atoms with Crippen LogP contribution in [0.2, 0.25) is 5.02 Å². The van der Waals surface area contributed by atoms with E-state index in [0.717, 1.165) is 30.2 Å². The standard InChI is InChI=1S/C27H28ClF2N3O3S/c1-2-27(29,30)21-9-10-25(22(28)16-21)37(35,36)33-15-14-31-12-5-8-23(31)24(33)17-26(34)32-13-11-19-6-3-4-7-20(19)18-32/h3-10,12,16,24H,2,11,13-15,17-18H2,1H3. The predicted octanol–water partition coefficient (Wildman–Crippen LogP) is 5.36. The Bertz CT molecular complexity index is 1440. The molecule has 2 aliphatic heterocycles. The SMILES string of the molecule is CCC(F)(F)c1ccc(S(=O)(=O)N2CCn3cccc3C2CC(=O)N2CCc3ccccc3C2)c(Cl)c1. The number of rotatable bonds is 6. The Morgan fingerprint density at radius 1 is 1.05 bits per heavy atom. The summed E-state index contributed by atoms with van der Waals surface area (Å²) < 4.78 is 59.3. The molecule has 2 aromatic carbocycles. The van der Waals surface area contributed by atoms with Crippen molar-refractivity contribution in [1.82, 2.24) is 13.8 Å². The van der Waals surface area contributed by atoms with Gasteiger partial charge >= 0.3 is 0 Å². The molecule has 10 heteroatoms. The van der Waals surface area contributed by atoms with E-state index in [2.05, 4.69) is 6.07 Å². The lowest BCUT2D eigenvalue weighted by molar-refractivity contribution is -0.133. The van der Waals surface area contributed by atoms with Gasteiger partial charge in [0, 0.05) is 56.5 Å². The zero-order valence-corrected chi connectivity index (χ0v) is 22.0. The Labute approximate surface area is 220 Å². The van der Waals surface area contributed by atoms with E-state index in [9.17, 15) is 22.0 Å². The molecule has 37 heavy (non-hydrogen) atoms. The Morgan fingerprint density at radius 2 is 1.81 bits per heavy atom. The third-order valence-corrected chi connectivity index (χ3v) is 9.74. The largest absolute Gasteiger partial charge is 0.349 e. The average molecular weight is 548 g/mol. The summed E-state index contributed by atoms with van der Waals surface area (Å²) in [5.74, 6) is -3.25. The van der Waals surface area contributed by atoms with Crippen LogP contribution < -0.4 is 0 Å². The number of alkyl halides is 2. The smallest absolute Gasteiger partial charge is 0.273 e. The molecule has 0 saturated heterocycles. The highest BCUT2D eigenvalue weighted by atomic mass is 35.5. The fraction of sp³-hybridized carbons (Fsp3) is 0.370. The minimum Gasteiger partial charge on any atom is -0.349 e. The van der Waals surface area contributed by atoms with Gasteiger partial charge in [0.15, 0.2) is 0 Å². The summed E-state index contributed by atoms with van der Waals surface area (Å²) in [6, 6.07) is 14.2. The number of halogens is 3. The molecule has 5 rings (SSSR count). The third-order valence-electron chi connectivity index (χ3n) is 7.35. The molecule has 0 radical (unpaired) electrons. The van der Waals surface area contributed by atoms with Crippen molar-refractivity contribution in [3.63, 3.8) is 0 Å². The minimum atomic E-state index is -4.18. The number of aromatic nitrogens is 1. The van der Waals surface area contributed by atoms with Crippen molar-refractivity contribution in [3.8, 4) is 0 Å². The van der Waals surface area contributed by atoms with E-state index in [1.807, 2.05) is 41.1 Å². The summed E-state index contributed by atoms with van der Waals surface area (Å²) in [5, 5.41) is -0.260. The van der Waals surface area contributed by atoms with E-state index in [1.54, 1.807) is 4.90 Å². The van der Waals surface area contributed by atoms with Crippen molar-refractivity contribution in [2.24, 2.45) is 0 Å². The van der Waals surface area contributed by atoms with Gasteiger partial charge in [-0.2, -0.15) is 4.31 Å². The second-order valence-corrected chi connectivity index (χ2v) is 11.8. The third kappa shape index (κ3) is 4.80. The molecule has 0 aliphatic carbocycles. The van der Waals surface area contributed by atoms with Gasteiger partial charge in [-0.1, -0.05) is 48.9 Å². The number of fused-ring (bicyclic) bond motifs is 2. The zero-order chi connectivity index (χ0) is 26.4. The summed E-state index contributed by atoms with van der Waals surface area (Å²) in [5.41, 5.74) is 2.69. The number of hydrogen-bond acceptors (Lipinski definition) is 3. The highest BCUT2D eigenvalue weighted by Crippen LogP contribution is 2.39. The van der Waals surface area contributed by atoms with Gasteiger partial charge in [-0.25, -0.2) is 17.2 Å². The first-order valence-electron chi connectivity index (χ1n) is 12.3. The molecule has 0 fully saturated rings. The van der Waals surface area contributed by atoms with Crippen LogP contribution in [0.5, 0.6) is 0 Å². The van der Waals surface area contributed by atoms with Gasteiger partial charge in [0.2, 0.25) is 15.9 Å². The maximum Gasteiger partial charge on any atom is 0.273 e. The highest BCUT2D eigenvalue weighted by Gasteiger charge is 2.40. The topological polar surface area (TPSA) is 62.6 Å².